The van der Waals surface area contributed by atoms with E-state index in [0.717, 1.165) is 19.1 Å². The van der Waals surface area contributed by atoms with Crippen molar-refractivity contribution in [3.05, 3.63) is 12.7 Å². The van der Waals surface area contributed by atoms with Crippen LogP contribution in [0.3, 0.4) is 0 Å². The zero-order valence-electron chi connectivity index (χ0n) is 9.99. The van der Waals surface area contributed by atoms with Gasteiger partial charge in [-0.05, 0) is 24.9 Å². The molecule has 0 saturated heterocycles. The van der Waals surface area contributed by atoms with Crippen molar-refractivity contribution in [2.24, 2.45) is 5.92 Å². The lowest BCUT2D eigenvalue weighted by molar-refractivity contribution is -0.137. The molecule has 0 aromatic rings. The maximum Gasteiger partial charge on any atom is 0.330 e. The molecule has 0 aromatic carbocycles. The molecule has 0 aliphatic heterocycles. The van der Waals surface area contributed by atoms with Gasteiger partial charge in [0.05, 0.1) is 6.61 Å². The van der Waals surface area contributed by atoms with Gasteiger partial charge < -0.3 is 9.16 Å². The van der Waals surface area contributed by atoms with Crippen molar-refractivity contribution in [3.63, 3.8) is 0 Å². The SMILES string of the molecule is C=CC(=O)OCCC[SiH](C)OCC(C)C. The molecule has 0 aromatic heterocycles. The molecule has 0 fully saturated rings. The molecule has 0 bridgehead atoms. The molecule has 0 N–H and O–H groups in total. The minimum atomic E-state index is -1.05. The smallest absolute Gasteiger partial charge is 0.330 e. The van der Waals surface area contributed by atoms with Crippen molar-refractivity contribution in [1.82, 2.24) is 0 Å². The zero-order valence-corrected chi connectivity index (χ0v) is 11.1. The van der Waals surface area contributed by atoms with Crippen LogP contribution in [-0.2, 0) is 14.0 Å². The standard InChI is InChI=1S/C11H22O3Si/c1-5-11(12)13-7-6-8-15(4)14-9-10(2)3/h5,10,15H,1,6-9H2,2-4H3. The number of hydrogen-bond donors (Lipinski definition) is 0. The predicted octanol–water partition coefficient (Wildman–Crippen LogP) is 2.13. The second-order valence-corrected chi connectivity index (χ2v) is 6.58. The topological polar surface area (TPSA) is 35.5 Å². The van der Waals surface area contributed by atoms with Gasteiger partial charge in [0.2, 0.25) is 0 Å². The van der Waals surface area contributed by atoms with E-state index in [0.29, 0.717) is 12.5 Å². The van der Waals surface area contributed by atoms with E-state index in [9.17, 15) is 4.79 Å². The molecule has 0 saturated carbocycles. The first-order valence-corrected chi connectivity index (χ1v) is 7.91. The Kier molecular flexibility index (Phi) is 8.32. The third kappa shape index (κ3) is 9.69. The van der Waals surface area contributed by atoms with Gasteiger partial charge in [0.1, 0.15) is 0 Å². The Bertz CT molecular complexity index is 192. The highest BCUT2D eigenvalue weighted by atomic mass is 28.3. The summed E-state index contributed by atoms with van der Waals surface area (Å²) in [5.41, 5.74) is 0. The number of carbonyl (C=O) groups excluding carboxylic acids is 1. The molecule has 1 unspecified atom stereocenters. The molecule has 0 radical (unpaired) electrons. The molecule has 1 atom stereocenters. The molecule has 15 heavy (non-hydrogen) atoms. The first-order valence-electron chi connectivity index (χ1n) is 5.47. The summed E-state index contributed by atoms with van der Waals surface area (Å²) in [4.78, 5) is 10.7. The monoisotopic (exact) mass is 230 g/mol. The molecule has 88 valence electrons. The van der Waals surface area contributed by atoms with Crippen LogP contribution < -0.4 is 0 Å². The van der Waals surface area contributed by atoms with E-state index in [-0.39, 0.29) is 5.97 Å². The van der Waals surface area contributed by atoms with E-state index in [4.69, 9.17) is 9.16 Å². The van der Waals surface area contributed by atoms with E-state index in [1.807, 2.05) is 0 Å². The normalized spacial score (nSPS) is 12.5. The molecular formula is C11H22O3Si. The highest BCUT2D eigenvalue weighted by molar-refractivity contribution is 6.50. The van der Waals surface area contributed by atoms with Gasteiger partial charge in [-0.15, -0.1) is 0 Å². The third-order valence-corrected chi connectivity index (χ3v) is 3.86. The molecular weight excluding hydrogens is 208 g/mol. The number of hydrogen-bond acceptors (Lipinski definition) is 3. The van der Waals surface area contributed by atoms with E-state index >= 15 is 0 Å². The summed E-state index contributed by atoms with van der Waals surface area (Å²) in [7, 11) is -1.05. The minimum absolute atomic E-state index is 0.340. The zero-order chi connectivity index (χ0) is 11.7. The Morgan fingerprint density at radius 3 is 2.73 bits per heavy atom. The molecule has 0 spiro atoms. The first-order chi connectivity index (χ1) is 7.06. The van der Waals surface area contributed by atoms with Gasteiger partial charge in [-0.25, -0.2) is 4.79 Å². The van der Waals surface area contributed by atoms with Gasteiger partial charge in [-0.1, -0.05) is 20.4 Å². The maximum absolute atomic E-state index is 10.7. The van der Waals surface area contributed by atoms with Crippen LogP contribution in [0.1, 0.15) is 20.3 Å². The molecule has 0 heterocycles. The fourth-order valence-corrected chi connectivity index (χ4v) is 2.66. The lowest BCUT2D eigenvalue weighted by Gasteiger charge is -2.13. The van der Waals surface area contributed by atoms with Crippen LogP contribution in [0.4, 0.5) is 0 Å². The van der Waals surface area contributed by atoms with E-state index in [1.165, 1.54) is 6.08 Å². The van der Waals surface area contributed by atoms with E-state index < -0.39 is 9.04 Å². The lowest BCUT2D eigenvalue weighted by Crippen LogP contribution is -2.17. The van der Waals surface area contributed by atoms with Gasteiger partial charge in [0.15, 0.2) is 9.04 Å². The van der Waals surface area contributed by atoms with Crippen LogP contribution in [0.2, 0.25) is 12.6 Å². The van der Waals surface area contributed by atoms with Crippen LogP contribution in [0.25, 0.3) is 0 Å². The highest BCUT2D eigenvalue weighted by Crippen LogP contribution is 2.03. The van der Waals surface area contributed by atoms with Gasteiger partial charge in [-0.3, -0.25) is 0 Å². The summed E-state index contributed by atoms with van der Waals surface area (Å²) in [6.07, 6.45) is 2.08. The van der Waals surface area contributed by atoms with Crippen molar-refractivity contribution >= 4 is 15.0 Å². The van der Waals surface area contributed by atoms with Crippen molar-refractivity contribution in [2.75, 3.05) is 13.2 Å². The summed E-state index contributed by atoms with van der Waals surface area (Å²) < 4.78 is 10.6. The molecule has 0 amide bonds. The number of carbonyl (C=O) groups is 1. The van der Waals surface area contributed by atoms with Crippen LogP contribution >= 0.6 is 0 Å². The van der Waals surface area contributed by atoms with Crippen molar-refractivity contribution in [1.29, 1.82) is 0 Å². The summed E-state index contributed by atoms with van der Waals surface area (Å²) in [6.45, 7) is 11.1. The van der Waals surface area contributed by atoms with E-state index in [1.54, 1.807) is 0 Å². The molecule has 3 nitrogen and oxygen atoms in total. The number of esters is 1. The fourth-order valence-electron chi connectivity index (χ4n) is 1.04. The Morgan fingerprint density at radius 1 is 1.53 bits per heavy atom. The number of rotatable bonds is 8. The van der Waals surface area contributed by atoms with Crippen LogP contribution in [0.15, 0.2) is 12.7 Å². The Labute approximate surface area is 94.2 Å². The lowest BCUT2D eigenvalue weighted by atomic mass is 10.2. The minimum Gasteiger partial charge on any atom is -0.463 e. The largest absolute Gasteiger partial charge is 0.463 e. The Morgan fingerprint density at radius 2 is 2.20 bits per heavy atom. The molecule has 0 aliphatic carbocycles. The van der Waals surface area contributed by atoms with Gasteiger partial charge in [-0.2, -0.15) is 0 Å². The van der Waals surface area contributed by atoms with Gasteiger partial charge >= 0.3 is 5.97 Å². The molecule has 0 aliphatic rings. The number of ether oxygens (including phenoxy) is 1. The van der Waals surface area contributed by atoms with Crippen LogP contribution in [0.5, 0.6) is 0 Å². The van der Waals surface area contributed by atoms with Crippen molar-refractivity contribution in [3.8, 4) is 0 Å². The van der Waals surface area contributed by atoms with Gasteiger partial charge in [0, 0.05) is 12.7 Å². The average Bonchev–Trinajstić information content (AvgIpc) is 2.21. The van der Waals surface area contributed by atoms with Crippen molar-refractivity contribution < 1.29 is 14.0 Å². The van der Waals surface area contributed by atoms with Crippen LogP contribution in [0, 0.1) is 5.92 Å². The Balaban J connectivity index is 3.34. The fraction of sp³-hybridized carbons (Fsp3) is 0.727. The summed E-state index contributed by atoms with van der Waals surface area (Å²) in [5.74, 6) is 0.256. The summed E-state index contributed by atoms with van der Waals surface area (Å²) in [5, 5.41) is 0. The van der Waals surface area contributed by atoms with Gasteiger partial charge in [0.25, 0.3) is 0 Å². The molecule has 0 rings (SSSR count). The quantitative estimate of drug-likeness (QED) is 0.277. The Hall–Kier alpha value is -0.613. The summed E-state index contributed by atoms with van der Waals surface area (Å²) in [6, 6.07) is 1.05. The second kappa shape index (κ2) is 8.68. The van der Waals surface area contributed by atoms with E-state index in [2.05, 4.69) is 27.0 Å². The van der Waals surface area contributed by atoms with Crippen molar-refractivity contribution in [2.45, 2.75) is 32.9 Å². The average molecular weight is 230 g/mol. The maximum atomic E-state index is 10.7. The van der Waals surface area contributed by atoms with Crippen LogP contribution in [-0.4, -0.2) is 28.2 Å². The second-order valence-electron chi connectivity index (χ2n) is 4.05. The highest BCUT2D eigenvalue weighted by Gasteiger charge is 2.06. The third-order valence-electron chi connectivity index (χ3n) is 1.88. The summed E-state index contributed by atoms with van der Waals surface area (Å²) >= 11 is 0. The molecule has 4 heteroatoms. The first kappa shape index (κ1) is 14.4. The predicted molar refractivity (Wildman–Crippen MR) is 64.4 cm³/mol.